The third kappa shape index (κ3) is 4.03. The van der Waals surface area contributed by atoms with E-state index in [0.29, 0.717) is 24.5 Å². The van der Waals surface area contributed by atoms with E-state index < -0.39 is 10.0 Å². The molecule has 25 heavy (non-hydrogen) atoms. The number of sulfonamides is 1. The van der Waals surface area contributed by atoms with Gasteiger partial charge in [0, 0.05) is 18.1 Å². The first-order chi connectivity index (χ1) is 11.9. The van der Waals surface area contributed by atoms with Crippen molar-refractivity contribution in [1.82, 2.24) is 9.62 Å². The van der Waals surface area contributed by atoms with Crippen LogP contribution in [0.1, 0.15) is 16.7 Å². The topological polar surface area (TPSA) is 66.5 Å². The summed E-state index contributed by atoms with van der Waals surface area (Å²) in [6.07, 6.45) is 1.03. The Labute approximate surface area is 152 Å². The molecule has 1 amide bonds. The van der Waals surface area contributed by atoms with Crippen LogP contribution in [0.15, 0.2) is 47.4 Å². The number of fused-ring (bicyclic) bond motifs is 1. The van der Waals surface area contributed by atoms with Crippen molar-refractivity contribution in [2.75, 3.05) is 13.6 Å². The van der Waals surface area contributed by atoms with Crippen molar-refractivity contribution in [1.29, 1.82) is 0 Å². The van der Waals surface area contributed by atoms with Gasteiger partial charge in [-0.25, -0.2) is 13.1 Å². The van der Waals surface area contributed by atoms with E-state index in [4.69, 9.17) is 11.6 Å². The van der Waals surface area contributed by atoms with Gasteiger partial charge in [0.1, 0.15) is 0 Å². The molecule has 0 aromatic heterocycles. The van der Waals surface area contributed by atoms with Gasteiger partial charge in [-0.05, 0) is 54.4 Å². The third-order valence-electron chi connectivity index (χ3n) is 4.39. The number of halogens is 1. The molecule has 2 aromatic rings. The highest BCUT2D eigenvalue weighted by Gasteiger charge is 2.22. The molecule has 132 valence electrons. The summed E-state index contributed by atoms with van der Waals surface area (Å²) in [5.41, 5.74) is 2.88. The van der Waals surface area contributed by atoms with Gasteiger partial charge in [0.15, 0.2) is 0 Å². The number of amides is 1. The van der Waals surface area contributed by atoms with E-state index in [0.717, 1.165) is 23.1 Å². The fraction of sp³-hybridized carbons (Fsp3) is 0.278. The fourth-order valence-electron chi connectivity index (χ4n) is 2.92. The quantitative estimate of drug-likeness (QED) is 0.888. The summed E-state index contributed by atoms with van der Waals surface area (Å²) in [5, 5.41) is 0.640. The predicted octanol–water partition coefficient (Wildman–Crippen LogP) is 2.38. The number of carbonyl (C=O) groups is 1. The van der Waals surface area contributed by atoms with Gasteiger partial charge in [-0.2, -0.15) is 0 Å². The molecule has 1 aliphatic rings. The lowest BCUT2D eigenvalue weighted by Crippen LogP contribution is -2.37. The Morgan fingerprint density at radius 1 is 1.16 bits per heavy atom. The molecule has 0 spiro atoms. The molecule has 0 fully saturated rings. The van der Waals surface area contributed by atoms with Crippen LogP contribution >= 0.6 is 11.6 Å². The molecule has 3 rings (SSSR count). The zero-order valence-corrected chi connectivity index (χ0v) is 15.4. The minimum atomic E-state index is -3.49. The lowest BCUT2D eigenvalue weighted by Gasteiger charge is -2.29. The summed E-state index contributed by atoms with van der Waals surface area (Å²) in [6, 6.07) is 12.3. The number of carbonyl (C=O) groups excluding carboxylic acids is 1. The number of hydrogen-bond acceptors (Lipinski definition) is 3. The summed E-state index contributed by atoms with van der Waals surface area (Å²) in [5.74, 6) is 0.0230. The SMILES string of the molecule is CNS(=O)(=O)c1ccc2c(c1)CN(C(=O)Cc1ccc(Cl)cc1)CC2. The minimum absolute atomic E-state index is 0.0230. The highest BCUT2D eigenvalue weighted by Crippen LogP contribution is 2.23. The second-order valence-corrected chi connectivity index (χ2v) is 8.33. The predicted molar refractivity (Wildman–Crippen MR) is 97.0 cm³/mol. The van der Waals surface area contributed by atoms with Gasteiger partial charge in [-0.1, -0.05) is 29.8 Å². The monoisotopic (exact) mass is 378 g/mol. The molecule has 0 unspecified atom stereocenters. The number of rotatable bonds is 4. The van der Waals surface area contributed by atoms with Crippen molar-refractivity contribution < 1.29 is 13.2 Å². The first-order valence-electron chi connectivity index (χ1n) is 7.96. The van der Waals surface area contributed by atoms with Crippen molar-refractivity contribution in [3.05, 3.63) is 64.2 Å². The van der Waals surface area contributed by atoms with E-state index in [2.05, 4.69) is 4.72 Å². The standard InChI is InChI=1S/C18H19ClN2O3S/c1-20-25(23,24)17-7-4-14-8-9-21(12-15(14)11-17)18(22)10-13-2-5-16(19)6-3-13/h2-7,11,20H,8-10,12H2,1H3. The average Bonchev–Trinajstić information content (AvgIpc) is 2.62. The van der Waals surface area contributed by atoms with Crippen LogP contribution in [0, 0.1) is 0 Å². The molecular formula is C18H19ClN2O3S. The maximum atomic E-state index is 12.6. The Morgan fingerprint density at radius 3 is 2.56 bits per heavy atom. The summed E-state index contributed by atoms with van der Waals surface area (Å²) in [6.45, 7) is 1.06. The molecule has 5 nitrogen and oxygen atoms in total. The summed E-state index contributed by atoms with van der Waals surface area (Å²) >= 11 is 5.87. The van der Waals surface area contributed by atoms with Crippen molar-refractivity contribution in [3.8, 4) is 0 Å². The lowest BCUT2D eigenvalue weighted by molar-refractivity contribution is -0.131. The van der Waals surface area contributed by atoms with E-state index in [1.807, 2.05) is 18.2 Å². The highest BCUT2D eigenvalue weighted by atomic mass is 35.5. The molecule has 0 radical (unpaired) electrons. The average molecular weight is 379 g/mol. The van der Waals surface area contributed by atoms with Gasteiger partial charge in [0.25, 0.3) is 0 Å². The van der Waals surface area contributed by atoms with Gasteiger partial charge >= 0.3 is 0 Å². The number of nitrogens with zero attached hydrogens (tertiary/aromatic N) is 1. The summed E-state index contributed by atoms with van der Waals surface area (Å²) < 4.78 is 26.3. The largest absolute Gasteiger partial charge is 0.338 e. The van der Waals surface area contributed by atoms with Gasteiger partial charge in [-0.3, -0.25) is 4.79 Å². The highest BCUT2D eigenvalue weighted by molar-refractivity contribution is 7.89. The lowest BCUT2D eigenvalue weighted by atomic mass is 9.99. The zero-order chi connectivity index (χ0) is 18.0. The van der Waals surface area contributed by atoms with Crippen LogP contribution in [0.2, 0.25) is 5.02 Å². The smallest absolute Gasteiger partial charge is 0.240 e. The Hall–Kier alpha value is -1.89. The van der Waals surface area contributed by atoms with Crippen molar-refractivity contribution in [2.45, 2.75) is 24.3 Å². The second-order valence-electron chi connectivity index (χ2n) is 6.01. The van der Waals surface area contributed by atoms with Crippen LogP contribution < -0.4 is 4.72 Å². The summed E-state index contributed by atoms with van der Waals surface area (Å²) in [4.78, 5) is 14.6. The van der Waals surface area contributed by atoms with Gasteiger partial charge in [-0.15, -0.1) is 0 Å². The maximum absolute atomic E-state index is 12.6. The van der Waals surface area contributed by atoms with Crippen molar-refractivity contribution >= 4 is 27.5 Å². The van der Waals surface area contributed by atoms with E-state index >= 15 is 0 Å². The third-order valence-corrected chi connectivity index (χ3v) is 6.05. The Bertz CT molecular complexity index is 895. The zero-order valence-electron chi connectivity index (χ0n) is 13.8. The Morgan fingerprint density at radius 2 is 1.88 bits per heavy atom. The van der Waals surface area contributed by atoms with E-state index in [9.17, 15) is 13.2 Å². The van der Waals surface area contributed by atoms with Crippen LogP contribution in [0.3, 0.4) is 0 Å². The van der Waals surface area contributed by atoms with Crippen molar-refractivity contribution in [3.63, 3.8) is 0 Å². The van der Waals surface area contributed by atoms with Crippen LogP contribution in [0.25, 0.3) is 0 Å². The van der Waals surface area contributed by atoms with Crippen LogP contribution in [-0.2, 0) is 34.2 Å². The summed E-state index contributed by atoms with van der Waals surface area (Å²) in [7, 11) is -2.10. The first kappa shape index (κ1) is 17.9. The van der Waals surface area contributed by atoms with E-state index in [1.54, 1.807) is 29.2 Å². The van der Waals surface area contributed by atoms with E-state index in [1.165, 1.54) is 7.05 Å². The van der Waals surface area contributed by atoms with Crippen molar-refractivity contribution in [2.24, 2.45) is 0 Å². The number of benzene rings is 2. The fourth-order valence-corrected chi connectivity index (χ4v) is 3.83. The molecule has 1 aliphatic heterocycles. The molecule has 0 bridgehead atoms. The Kier molecular flexibility index (Phi) is 5.13. The van der Waals surface area contributed by atoms with Gasteiger partial charge < -0.3 is 4.90 Å². The molecule has 2 aromatic carbocycles. The molecule has 0 atom stereocenters. The molecule has 1 N–H and O–H groups in total. The molecule has 0 aliphatic carbocycles. The molecule has 0 saturated heterocycles. The number of hydrogen-bond donors (Lipinski definition) is 1. The first-order valence-corrected chi connectivity index (χ1v) is 9.83. The molecule has 7 heteroatoms. The second kappa shape index (κ2) is 7.15. The normalized spacial score (nSPS) is 14.2. The maximum Gasteiger partial charge on any atom is 0.240 e. The van der Waals surface area contributed by atoms with E-state index in [-0.39, 0.29) is 10.8 Å². The number of nitrogens with one attached hydrogen (secondary N) is 1. The molecular weight excluding hydrogens is 360 g/mol. The molecule has 0 saturated carbocycles. The van der Waals surface area contributed by atoms with Crippen LogP contribution in [0.4, 0.5) is 0 Å². The molecule has 1 heterocycles. The van der Waals surface area contributed by atoms with Gasteiger partial charge in [0.2, 0.25) is 15.9 Å². The van der Waals surface area contributed by atoms with Gasteiger partial charge in [0.05, 0.1) is 11.3 Å². The minimum Gasteiger partial charge on any atom is -0.338 e. The Balaban J connectivity index is 1.76. The van der Waals surface area contributed by atoms with Crippen LogP contribution in [0.5, 0.6) is 0 Å². The van der Waals surface area contributed by atoms with Crippen LogP contribution in [-0.4, -0.2) is 32.8 Å².